The Labute approximate surface area is 82.0 Å². The van der Waals surface area contributed by atoms with Crippen LogP contribution in [0.3, 0.4) is 0 Å². The van der Waals surface area contributed by atoms with Crippen LogP contribution in [-0.4, -0.2) is 25.0 Å². The number of hydrogen-bond acceptors (Lipinski definition) is 3. The van der Waals surface area contributed by atoms with Gasteiger partial charge in [-0.1, -0.05) is 0 Å². The second kappa shape index (κ2) is 4.43. The summed E-state index contributed by atoms with van der Waals surface area (Å²) in [6.07, 6.45) is 3.02. The molecular weight excluding hydrogens is 212 g/mol. The van der Waals surface area contributed by atoms with E-state index in [1.165, 1.54) is 12.4 Å². The van der Waals surface area contributed by atoms with Gasteiger partial charge in [0.25, 0.3) is 0 Å². The van der Waals surface area contributed by atoms with E-state index in [1.54, 1.807) is 12.1 Å². The zero-order chi connectivity index (χ0) is 9.73. The van der Waals surface area contributed by atoms with Crippen molar-refractivity contribution in [1.29, 1.82) is 0 Å². The van der Waals surface area contributed by atoms with Crippen LogP contribution in [-0.2, 0) is 10.0 Å². The van der Waals surface area contributed by atoms with E-state index in [4.69, 9.17) is 11.6 Å². The predicted octanol–water partition coefficient (Wildman–Crippen LogP) is 1.06. The lowest BCUT2D eigenvalue weighted by Crippen LogP contribution is -2.17. The van der Waals surface area contributed by atoms with Crippen molar-refractivity contribution in [2.75, 3.05) is 16.4 Å². The van der Waals surface area contributed by atoms with E-state index in [0.717, 1.165) is 0 Å². The van der Waals surface area contributed by atoms with E-state index in [9.17, 15) is 8.42 Å². The topological polar surface area (TPSA) is 59.1 Å². The molecule has 0 radical (unpaired) electrons. The molecule has 72 valence electrons. The van der Waals surface area contributed by atoms with Gasteiger partial charge >= 0.3 is 0 Å². The molecule has 0 bridgehead atoms. The Morgan fingerprint density at radius 1 is 1.38 bits per heavy atom. The zero-order valence-corrected chi connectivity index (χ0v) is 8.35. The summed E-state index contributed by atoms with van der Waals surface area (Å²) in [7, 11) is -3.29. The fourth-order valence-electron chi connectivity index (χ4n) is 0.752. The van der Waals surface area contributed by atoms with Crippen molar-refractivity contribution < 1.29 is 8.42 Å². The molecule has 0 saturated carbocycles. The van der Waals surface area contributed by atoms with Crippen molar-refractivity contribution in [3.8, 4) is 0 Å². The van der Waals surface area contributed by atoms with Crippen LogP contribution in [0.5, 0.6) is 0 Å². The van der Waals surface area contributed by atoms with Gasteiger partial charge in [-0.05, 0) is 12.1 Å². The van der Waals surface area contributed by atoms with Crippen molar-refractivity contribution in [2.24, 2.45) is 0 Å². The number of halogens is 1. The molecule has 0 fully saturated rings. The first kappa shape index (κ1) is 10.3. The van der Waals surface area contributed by atoms with E-state index < -0.39 is 10.0 Å². The third kappa shape index (κ3) is 3.61. The first-order valence-corrected chi connectivity index (χ1v) is 5.79. The molecule has 0 amide bonds. The molecule has 0 aliphatic rings. The number of aromatic nitrogens is 1. The predicted molar refractivity (Wildman–Crippen MR) is 52.4 cm³/mol. The average Bonchev–Trinajstić information content (AvgIpc) is 2.04. The minimum absolute atomic E-state index is 0.0837. The minimum Gasteiger partial charge on any atom is -0.283 e. The number of hydrogen-bond donors (Lipinski definition) is 1. The van der Waals surface area contributed by atoms with Crippen molar-refractivity contribution in [2.45, 2.75) is 0 Å². The first-order valence-electron chi connectivity index (χ1n) is 3.60. The Kier molecular flexibility index (Phi) is 3.50. The van der Waals surface area contributed by atoms with Crippen molar-refractivity contribution in [1.82, 2.24) is 4.98 Å². The molecule has 13 heavy (non-hydrogen) atoms. The van der Waals surface area contributed by atoms with Gasteiger partial charge in [0.05, 0.1) is 11.4 Å². The highest BCUT2D eigenvalue weighted by atomic mass is 35.5. The van der Waals surface area contributed by atoms with E-state index in [-0.39, 0.29) is 11.6 Å². The molecule has 6 heteroatoms. The molecule has 0 aliphatic carbocycles. The average molecular weight is 221 g/mol. The highest BCUT2D eigenvalue weighted by Crippen LogP contribution is 2.06. The fraction of sp³-hybridized carbons (Fsp3) is 0.286. The standard InChI is InChI=1S/C7H9ClN2O2S/c8-3-6-13(11,12)10-7-1-4-9-5-2-7/h1-2,4-5H,3,6H2,(H,9,10). The Morgan fingerprint density at radius 3 is 2.54 bits per heavy atom. The van der Waals surface area contributed by atoms with Crippen LogP contribution in [0.15, 0.2) is 24.5 Å². The summed E-state index contributed by atoms with van der Waals surface area (Å²) in [4.78, 5) is 3.76. The minimum atomic E-state index is -3.29. The third-order valence-corrected chi connectivity index (χ3v) is 3.00. The quantitative estimate of drug-likeness (QED) is 0.772. The molecule has 1 N–H and O–H groups in total. The lowest BCUT2D eigenvalue weighted by molar-refractivity contribution is 0.602. The number of alkyl halides is 1. The van der Waals surface area contributed by atoms with Crippen LogP contribution in [0.1, 0.15) is 0 Å². The van der Waals surface area contributed by atoms with E-state index >= 15 is 0 Å². The summed E-state index contributed by atoms with van der Waals surface area (Å²) >= 11 is 5.32. The van der Waals surface area contributed by atoms with Gasteiger partial charge in [0.15, 0.2) is 0 Å². The maximum absolute atomic E-state index is 11.2. The maximum Gasteiger partial charge on any atom is 0.233 e. The molecule has 0 unspecified atom stereocenters. The molecule has 0 saturated heterocycles. The third-order valence-electron chi connectivity index (χ3n) is 1.30. The molecule has 1 aromatic rings. The summed E-state index contributed by atoms with van der Waals surface area (Å²) < 4.78 is 24.7. The van der Waals surface area contributed by atoms with Gasteiger partial charge in [-0.2, -0.15) is 0 Å². The van der Waals surface area contributed by atoms with Crippen molar-refractivity contribution >= 4 is 27.3 Å². The second-order valence-electron chi connectivity index (χ2n) is 2.35. The normalized spacial score (nSPS) is 11.2. The summed E-state index contributed by atoms with van der Waals surface area (Å²) in [6, 6.07) is 3.15. The highest BCUT2D eigenvalue weighted by Gasteiger charge is 2.08. The van der Waals surface area contributed by atoms with Gasteiger partial charge in [-0.25, -0.2) is 8.42 Å². The van der Waals surface area contributed by atoms with E-state index in [0.29, 0.717) is 5.69 Å². The van der Waals surface area contributed by atoms with Gasteiger partial charge in [-0.15, -0.1) is 11.6 Å². The molecule has 4 nitrogen and oxygen atoms in total. The number of anilines is 1. The zero-order valence-electron chi connectivity index (χ0n) is 6.77. The highest BCUT2D eigenvalue weighted by molar-refractivity contribution is 7.92. The van der Waals surface area contributed by atoms with E-state index in [1.807, 2.05) is 0 Å². The Morgan fingerprint density at radius 2 is 2.00 bits per heavy atom. The molecule has 1 aromatic heterocycles. The van der Waals surface area contributed by atoms with Gasteiger partial charge in [0.2, 0.25) is 10.0 Å². The lowest BCUT2D eigenvalue weighted by Gasteiger charge is -2.04. The van der Waals surface area contributed by atoms with Crippen molar-refractivity contribution in [3.63, 3.8) is 0 Å². The van der Waals surface area contributed by atoms with E-state index in [2.05, 4.69) is 9.71 Å². The molecule has 0 spiro atoms. The second-order valence-corrected chi connectivity index (χ2v) is 4.57. The molecule has 1 heterocycles. The number of pyridine rings is 1. The molecule has 0 aromatic carbocycles. The monoisotopic (exact) mass is 220 g/mol. The van der Waals surface area contributed by atoms with Gasteiger partial charge < -0.3 is 0 Å². The van der Waals surface area contributed by atoms with Crippen LogP contribution in [0.2, 0.25) is 0 Å². The van der Waals surface area contributed by atoms with Crippen LogP contribution in [0.25, 0.3) is 0 Å². The number of sulfonamides is 1. The Balaban J connectivity index is 2.70. The first-order chi connectivity index (χ1) is 6.14. The maximum atomic E-state index is 11.2. The van der Waals surface area contributed by atoms with Gasteiger partial charge in [0, 0.05) is 18.3 Å². The Hall–Kier alpha value is -0.810. The molecule has 0 aliphatic heterocycles. The van der Waals surface area contributed by atoms with Crippen molar-refractivity contribution in [3.05, 3.63) is 24.5 Å². The van der Waals surface area contributed by atoms with Gasteiger partial charge in [0.1, 0.15) is 0 Å². The Bertz CT molecular complexity index is 352. The van der Waals surface area contributed by atoms with Crippen LogP contribution in [0.4, 0.5) is 5.69 Å². The largest absolute Gasteiger partial charge is 0.283 e. The number of rotatable bonds is 4. The molecule has 0 atom stereocenters. The van der Waals surface area contributed by atoms with Crippen LogP contribution in [0, 0.1) is 0 Å². The summed E-state index contributed by atoms with van der Waals surface area (Å²) in [5.74, 6) is -0.00268. The lowest BCUT2D eigenvalue weighted by atomic mass is 10.4. The van der Waals surface area contributed by atoms with Crippen LogP contribution < -0.4 is 4.72 Å². The summed E-state index contributed by atoms with van der Waals surface area (Å²) in [6.45, 7) is 0. The fourth-order valence-corrected chi connectivity index (χ4v) is 2.16. The molecular formula is C7H9ClN2O2S. The molecule has 1 rings (SSSR count). The summed E-state index contributed by atoms with van der Waals surface area (Å²) in [5.41, 5.74) is 0.500. The van der Waals surface area contributed by atoms with Gasteiger partial charge in [-0.3, -0.25) is 9.71 Å². The van der Waals surface area contributed by atoms with Crippen LogP contribution >= 0.6 is 11.6 Å². The number of nitrogens with one attached hydrogen (secondary N) is 1. The SMILES string of the molecule is O=S(=O)(CCCl)Nc1ccncc1. The smallest absolute Gasteiger partial charge is 0.233 e. The summed E-state index contributed by atoms with van der Waals surface area (Å²) in [5, 5.41) is 0. The number of nitrogens with zero attached hydrogens (tertiary/aromatic N) is 1.